The number of rotatable bonds is 3. The molecule has 1 fully saturated rings. The monoisotopic (exact) mass is 273 g/mol. The van der Waals surface area contributed by atoms with E-state index in [0.29, 0.717) is 5.92 Å². The Kier molecular flexibility index (Phi) is 4.62. The zero-order valence-corrected chi connectivity index (χ0v) is 11.8. The second-order valence-corrected chi connectivity index (χ2v) is 5.21. The summed E-state index contributed by atoms with van der Waals surface area (Å²) in [6.45, 7) is 0. The smallest absolute Gasteiger partial charge is 0.0323 e. The van der Waals surface area contributed by atoms with Crippen LogP contribution in [0.2, 0.25) is 0 Å². The highest BCUT2D eigenvalue weighted by Crippen LogP contribution is 2.36. The molecule has 0 unspecified atom stereocenters. The first-order valence-electron chi connectivity index (χ1n) is 6.75. The highest BCUT2D eigenvalue weighted by Gasteiger charge is 2.25. The van der Waals surface area contributed by atoms with Crippen LogP contribution in [-0.4, -0.2) is 0 Å². The largest absolute Gasteiger partial charge is 0.324 e. The lowest BCUT2D eigenvalue weighted by atomic mass is 9.77. The first-order chi connectivity index (χ1) is 8.84. The van der Waals surface area contributed by atoms with Gasteiger partial charge in [0.2, 0.25) is 0 Å². The van der Waals surface area contributed by atoms with E-state index in [4.69, 9.17) is 5.73 Å². The quantitative estimate of drug-likeness (QED) is 0.871. The van der Waals surface area contributed by atoms with Crippen LogP contribution >= 0.6 is 12.4 Å². The summed E-state index contributed by atoms with van der Waals surface area (Å²) in [5.41, 5.74) is 10.2. The maximum absolute atomic E-state index is 6.35. The van der Waals surface area contributed by atoms with Crippen LogP contribution in [0, 0.1) is 5.92 Å². The van der Waals surface area contributed by atoms with Crippen molar-refractivity contribution in [3.8, 4) is 11.1 Å². The van der Waals surface area contributed by atoms with E-state index in [1.165, 1.54) is 36.0 Å². The molecular weight excluding hydrogens is 254 g/mol. The highest BCUT2D eigenvalue weighted by atomic mass is 35.5. The Balaban J connectivity index is 0.00000133. The Morgan fingerprint density at radius 2 is 1.58 bits per heavy atom. The Morgan fingerprint density at radius 3 is 2.21 bits per heavy atom. The van der Waals surface area contributed by atoms with Crippen LogP contribution in [0.5, 0.6) is 0 Å². The fourth-order valence-corrected chi connectivity index (χ4v) is 2.63. The van der Waals surface area contributed by atoms with Crippen LogP contribution in [-0.2, 0) is 0 Å². The predicted molar refractivity (Wildman–Crippen MR) is 83.4 cm³/mol. The van der Waals surface area contributed by atoms with E-state index >= 15 is 0 Å². The van der Waals surface area contributed by atoms with Crippen molar-refractivity contribution in [1.82, 2.24) is 0 Å². The van der Waals surface area contributed by atoms with Crippen molar-refractivity contribution in [3.63, 3.8) is 0 Å². The molecule has 1 aliphatic carbocycles. The third-order valence-electron chi connectivity index (χ3n) is 4.04. The standard InChI is InChI=1S/C17H19N.ClH/c18-17(14-8-4-9-14)16-11-5-10-15(12-16)13-6-2-1-3-7-13;/h1-3,5-7,10-12,14,17H,4,8-9,18H2;1H/t17-;/m1./s1. The van der Waals surface area contributed by atoms with Gasteiger partial charge in [0, 0.05) is 6.04 Å². The van der Waals surface area contributed by atoms with E-state index in [1.807, 2.05) is 6.07 Å². The molecule has 2 aromatic carbocycles. The molecule has 2 aromatic rings. The molecule has 0 bridgehead atoms. The molecule has 100 valence electrons. The summed E-state index contributed by atoms with van der Waals surface area (Å²) in [7, 11) is 0. The zero-order valence-electron chi connectivity index (χ0n) is 11.0. The lowest BCUT2D eigenvalue weighted by molar-refractivity contribution is 0.264. The lowest BCUT2D eigenvalue weighted by Crippen LogP contribution is -2.26. The number of nitrogens with two attached hydrogens (primary N) is 1. The molecule has 1 saturated carbocycles. The molecule has 0 aliphatic heterocycles. The molecule has 0 spiro atoms. The average molecular weight is 274 g/mol. The van der Waals surface area contributed by atoms with Gasteiger partial charge >= 0.3 is 0 Å². The maximum atomic E-state index is 6.35. The first-order valence-corrected chi connectivity index (χ1v) is 6.75. The number of benzene rings is 2. The van der Waals surface area contributed by atoms with Gasteiger partial charge in [-0.2, -0.15) is 0 Å². The minimum Gasteiger partial charge on any atom is -0.324 e. The van der Waals surface area contributed by atoms with Crippen LogP contribution in [0.15, 0.2) is 54.6 Å². The number of halogens is 1. The summed E-state index contributed by atoms with van der Waals surface area (Å²) < 4.78 is 0. The molecule has 1 nitrogen and oxygen atoms in total. The van der Waals surface area contributed by atoms with E-state index in [1.54, 1.807) is 0 Å². The van der Waals surface area contributed by atoms with E-state index in [0.717, 1.165) is 0 Å². The van der Waals surface area contributed by atoms with Crippen molar-refractivity contribution in [2.75, 3.05) is 0 Å². The Hall–Kier alpha value is -1.31. The van der Waals surface area contributed by atoms with E-state index in [9.17, 15) is 0 Å². The predicted octanol–water partition coefficient (Wildman–Crippen LogP) is 4.58. The fourth-order valence-electron chi connectivity index (χ4n) is 2.63. The van der Waals surface area contributed by atoms with Crippen LogP contribution in [0.3, 0.4) is 0 Å². The van der Waals surface area contributed by atoms with Crippen LogP contribution in [0.1, 0.15) is 30.9 Å². The van der Waals surface area contributed by atoms with Crippen LogP contribution in [0.25, 0.3) is 11.1 Å². The molecular formula is C17H20ClN. The van der Waals surface area contributed by atoms with Gasteiger partial charge in [-0.1, -0.05) is 55.0 Å². The minimum absolute atomic E-state index is 0. The molecule has 1 atom stereocenters. The number of hydrogen-bond donors (Lipinski definition) is 1. The van der Waals surface area contributed by atoms with E-state index in [2.05, 4.69) is 48.5 Å². The second kappa shape index (κ2) is 6.23. The average Bonchev–Trinajstić information content (AvgIpc) is 2.38. The van der Waals surface area contributed by atoms with Crippen molar-refractivity contribution in [2.24, 2.45) is 11.7 Å². The van der Waals surface area contributed by atoms with Crippen molar-refractivity contribution < 1.29 is 0 Å². The Labute approximate surface area is 121 Å². The van der Waals surface area contributed by atoms with Crippen molar-refractivity contribution in [2.45, 2.75) is 25.3 Å². The SMILES string of the molecule is Cl.N[C@@H](c1cccc(-c2ccccc2)c1)C1CCC1. The van der Waals surface area contributed by atoms with Crippen LogP contribution in [0.4, 0.5) is 0 Å². The Morgan fingerprint density at radius 1 is 0.895 bits per heavy atom. The van der Waals surface area contributed by atoms with E-state index < -0.39 is 0 Å². The van der Waals surface area contributed by atoms with Gasteiger partial charge in [0.05, 0.1) is 0 Å². The first kappa shape index (κ1) is 14.1. The van der Waals surface area contributed by atoms with E-state index in [-0.39, 0.29) is 18.4 Å². The molecule has 3 rings (SSSR count). The number of hydrogen-bond acceptors (Lipinski definition) is 1. The molecule has 19 heavy (non-hydrogen) atoms. The summed E-state index contributed by atoms with van der Waals surface area (Å²) in [6.07, 6.45) is 3.92. The van der Waals surface area contributed by atoms with Crippen molar-refractivity contribution in [3.05, 3.63) is 60.2 Å². The molecule has 0 radical (unpaired) electrons. The maximum Gasteiger partial charge on any atom is 0.0323 e. The highest BCUT2D eigenvalue weighted by molar-refractivity contribution is 5.85. The van der Waals surface area contributed by atoms with Gasteiger partial charge in [0.1, 0.15) is 0 Å². The molecule has 1 aliphatic rings. The van der Waals surface area contributed by atoms with Gasteiger partial charge in [-0.25, -0.2) is 0 Å². The molecule has 0 amide bonds. The molecule has 0 saturated heterocycles. The Bertz CT molecular complexity index is 520. The summed E-state index contributed by atoms with van der Waals surface area (Å²) in [5, 5.41) is 0. The zero-order chi connectivity index (χ0) is 12.4. The third kappa shape index (κ3) is 2.99. The summed E-state index contributed by atoms with van der Waals surface area (Å²) in [4.78, 5) is 0. The summed E-state index contributed by atoms with van der Waals surface area (Å²) >= 11 is 0. The topological polar surface area (TPSA) is 26.0 Å². The second-order valence-electron chi connectivity index (χ2n) is 5.21. The van der Waals surface area contributed by atoms with Crippen molar-refractivity contribution >= 4 is 12.4 Å². The van der Waals surface area contributed by atoms with Gasteiger partial charge in [-0.15, -0.1) is 12.4 Å². The molecule has 2 heteroatoms. The molecule has 2 N–H and O–H groups in total. The van der Waals surface area contributed by atoms with Gasteiger partial charge in [-0.05, 0) is 41.5 Å². The molecule has 0 aromatic heterocycles. The summed E-state index contributed by atoms with van der Waals surface area (Å²) in [5.74, 6) is 0.691. The van der Waals surface area contributed by atoms with Gasteiger partial charge in [0.25, 0.3) is 0 Å². The van der Waals surface area contributed by atoms with Crippen LogP contribution < -0.4 is 5.73 Å². The third-order valence-corrected chi connectivity index (χ3v) is 4.04. The van der Waals surface area contributed by atoms with Gasteiger partial charge in [-0.3, -0.25) is 0 Å². The fraction of sp³-hybridized carbons (Fsp3) is 0.294. The minimum atomic E-state index is 0. The van der Waals surface area contributed by atoms with Crippen molar-refractivity contribution in [1.29, 1.82) is 0 Å². The normalized spacial score (nSPS) is 16.3. The molecule has 0 heterocycles. The van der Waals surface area contributed by atoms with Gasteiger partial charge in [0.15, 0.2) is 0 Å². The summed E-state index contributed by atoms with van der Waals surface area (Å²) in [6, 6.07) is 19.4. The van der Waals surface area contributed by atoms with Gasteiger partial charge < -0.3 is 5.73 Å². The lowest BCUT2D eigenvalue weighted by Gasteiger charge is -2.31.